The van der Waals surface area contributed by atoms with Gasteiger partial charge in [0.05, 0.1) is 18.2 Å². The molecule has 0 fully saturated rings. The quantitative estimate of drug-likeness (QED) is 0.313. The molecule has 2 aromatic carbocycles. The Labute approximate surface area is 201 Å². The zero-order valence-corrected chi connectivity index (χ0v) is 20.2. The molecule has 2 rings (SSSR count). The van der Waals surface area contributed by atoms with Gasteiger partial charge < -0.3 is 20.8 Å². The van der Waals surface area contributed by atoms with Crippen molar-refractivity contribution in [1.29, 1.82) is 0 Å². The Balaban J connectivity index is 1.99. The van der Waals surface area contributed by atoms with Gasteiger partial charge in [0.15, 0.2) is 0 Å². The van der Waals surface area contributed by atoms with Crippen molar-refractivity contribution < 1.29 is 23.8 Å². The van der Waals surface area contributed by atoms with Crippen LogP contribution in [-0.4, -0.2) is 40.9 Å². The zero-order valence-electron chi connectivity index (χ0n) is 20.2. The fourth-order valence-electron chi connectivity index (χ4n) is 3.89. The van der Waals surface area contributed by atoms with Gasteiger partial charge in [-0.25, -0.2) is 8.78 Å². The first-order valence-electron chi connectivity index (χ1n) is 12.2. The number of hydrogen-bond acceptors (Lipinski definition) is 4. The Morgan fingerprint density at radius 1 is 0.971 bits per heavy atom. The summed E-state index contributed by atoms with van der Waals surface area (Å²) >= 11 is 0. The van der Waals surface area contributed by atoms with Crippen LogP contribution in [0.1, 0.15) is 62.6 Å². The highest BCUT2D eigenvalue weighted by Crippen LogP contribution is 2.13. The molecule has 188 valence electrons. The van der Waals surface area contributed by atoms with E-state index in [-0.39, 0.29) is 25.3 Å². The average molecular weight is 477 g/mol. The lowest BCUT2D eigenvalue weighted by Gasteiger charge is -2.25. The highest BCUT2D eigenvalue weighted by atomic mass is 19.1. The molecule has 7 heteroatoms. The molecule has 0 spiro atoms. The number of carbonyl (C=O) groups is 1. The van der Waals surface area contributed by atoms with Gasteiger partial charge in [-0.3, -0.25) is 4.79 Å². The Morgan fingerprint density at radius 3 is 2.35 bits per heavy atom. The number of amides is 1. The van der Waals surface area contributed by atoms with E-state index in [9.17, 15) is 23.8 Å². The van der Waals surface area contributed by atoms with Crippen molar-refractivity contribution >= 4 is 5.91 Å². The van der Waals surface area contributed by atoms with Crippen LogP contribution in [0.2, 0.25) is 0 Å². The molecule has 0 heterocycles. The van der Waals surface area contributed by atoms with Crippen LogP contribution in [0.15, 0.2) is 42.5 Å². The number of rotatable bonds is 15. The third kappa shape index (κ3) is 10.3. The topological polar surface area (TPSA) is 81.6 Å². The summed E-state index contributed by atoms with van der Waals surface area (Å²) in [5.74, 6) is -1.72. The number of unbranched alkanes of at least 4 members (excludes halogenated alkanes) is 1. The van der Waals surface area contributed by atoms with Crippen molar-refractivity contribution in [1.82, 2.24) is 10.6 Å². The minimum absolute atomic E-state index is 0.0764. The van der Waals surface area contributed by atoms with E-state index in [1.807, 2.05) is 19.1 Å². The van der Waals surface area contributed by atoms with Gasteiger partial charge in [-0.2, -0.15) is 0 Å². The Kier molecular flexibility index (Phi) is 12.2. The van der Waals surface area contributed by atoms with Crippen LogP contribution in [0.3, 0.4) is 0 Å². The third-order valence-corrected chi connectivity index (χ3v) is 5.87. The fourth-order valence-corrected chi connectivity index (χ4v) is 3.89. The standard InChI is InChI=1S/C27H38F2N2O3/c1-3-5-9-24(32)10-11-27(34)31-25(15-21-13-22(28)16-23(29)14-21)26(33)18-30-17-20-8-6-7-19(4-2)12-20/h6-8,12-14,16,24-26,30,32-33H,3-5,9-11,15,17-18H2,1-2H3,(H,31,34). The number of halogens is 2. The maximum Gasteiger partial charge on any atom is 0.220 e. The van der Waals surface area contributed by atoms with Crippen LogP contribution in [0.4, 0.5) is 8.78 Å². The van der Waals surface area contributed by atoms with E-state index in [4.69, 9.17) is 0 Å². The third-order valence-electron chi connectivity index (χ3n) is 5.87. The summed E-state index contributed by atoms with van der Waals surface area (Å²) in [6.07, 6.45) is 2.43. The molecule has 0 saturated carbocycles. The Hall–Kier alpha value is -2.35. The van der Waals surface area contributed by atoms with E-state index < -0.39 is 29.9 Å². The van der Waals surface area contributed by atoms with Crippen molar-refractivity contribution in [3.8, 4) is 0 Å². The van der Waals surface area contributed by atoms with Crippen molar-refractivity contribution in [3.05, 3.63) is 70.8 Å². The minimum Gasteiger partial charge on any atom is -0.393 e. The molecule has 3 atom stereocenters. The van der Waals surface area contributed by atoms with Crippen molar-refractivity contribution in [3.63, 3.8) is 0 Å². The number of aryl methyl sites for hydroxylation is 1. The van der Waals surface area contributed by atoms with Crippen LogP contribution >= 0.6 is 0 Å². The normalized spacial score (nSPS) is 13.9. The largest absolute Gasteiger partial charge is 0.393 e. The Morgan fingerprint density at radius 2 is 1.68 bits per heavy atom. The second-order valence-corrected chi connectivity index (χ2v) is 8.86. The highest BCUT2D eigenvalue weighted by Gasteiger charge is 2.22. The first-order chi connectivity index (χ1) is 16.3. The van der Waals surface area contributed by atoms with Crippen LogP contribution < -0.4 is 10.6 Å². The molecular weight excluding hydrogens is 438 g/mol. The summed E-state index contributed by atoms with van der Waals surface area (Å²) in [6.45, 7) is 4.86. The lowest BCUT2D eigenvalue weighted by molar-refractivity contribution is -0.123. The maximum atomic E-state index is 13.7. The van der Waals surface area contributed by atoms with E-state index in [0.717, 1.165) is 30.9 Å². The summed E-state index contributed by atoms with van der Waals surface area (Å²) in [6, 6.07) is 10.6. The Bertz CT molecular complexity index is 874. The summed E-state index contributed by atoms with van der Waals surface area (Å²) in [4.78, 5) is 12.5. The molecule has 0 aliphatic rings. The van der Waals surface area contributed by atoms with E-state index in [1.54, 1.807) is 0 Å². The number of carbonyl (C=O) groups excluding carboxylic acids is 1. The molecule has 4 N–H and O–H groups in total. The van der Waals surface area contributed by atoms with E-state index >= 15 is 0 Å². The molecule has 0 radical (unpaired) electrons. The molecule has 0 bridgehead atoms. The second kappa shape index (κ2) is 14.8. The van der Waals surface area contributed by atoms with Crippen molar-refractivity contribution in [2.24, 2.45) is 0 Å². The second-order valence-electron chi connectivity index (χ2n) is 8.86. The molecular formula is C27H38F2N2O3. The summed E-state index contributed by atoms with van der Waals surface area (Å²) in [5.41, 5.74) is 2.65. The predicted molar refractivity (Wildman–Crippen MR) is 130 cm³/mol. The molecule has 0 saturated heterocycles. The van der Waals surface area contributed by atoms with Gasteiger partial charge in [-0.05, 0) is 54.5 Å². The fraction of sp³-hybridized carbons (Fsp3) is 0.519. The molecule has 3 unspecified atom stereocenters. The van der Waals surface area contributed by atoms with Gasteiger partial charge in [0.25, 0.3) is 0 Å². The van der Waals surface area contributed by atoms with E-state index in [1.165, 1.54) is 17.7 Å². The number of aliphatic hydroxyl groups excluding tert-OH is 2. The van der Waals surface area contributed by atoms with Gasteiger partial charge in [0, 0.05) is 25.6 Å². The first-order valence-corrected chi connectivity index (χ1v) is 12.2. The van der Waals surface area contributed by atoms with Gasteiger partial charge in [-0.15, -0.1) is 0 Å². The SMILES string of the molecule is CCCCC(O)CCC(=O)NC(Cc1cc(F)cc(F)c1)C(O)CNCc1cccc(CC)c1. The minimum atomic E-state index is -0.977. The molecule has 1 amide bonds. The number of aliphatic hydroxyl groups is 2. The van der Waals surface area contributed by atoms with E-state index in [0.29, 0.717) is 24.9 Å². The monoisotopic (exact) mass is 476 g/mol. The average Bonchev–Trinajstić information content (AvgIpc) is 2.80. The lowest BCUT2D eigenvalue weighted by Crippen LogP contribution is -2.48. The number of nitrogens with one attached hydrogen (secondary N) is 2. The lowest BCUT2D eigenvalue weighted by atomic mass is 10.00. The first kappa shape index (κ1) is 27.9. The molecule has 5 nitrogen and oxygen atoms in total. The number of hydrogen-bond donors (Lipinski definition) is 4. The predicted octanol–water partition coefficient (Wildman–Crippen LogP) is 4.04. The van der Waals surface area contributed by atoms with Crippen LogP contribution in [-0.2, 0) is 24.2 Å². The smallest absolute Gasteiger partial charge is 0.220 e. The molecule has 0 aliphatic carbocycles. The molecule has 0 aliphatic heterocycles. The van der Waals surface area contributed by atoms with Gasteiger partial charge >= 0.3 is 0 Å². The van der Waals surface area contributed by atoms with Gasteiger partial charge in [0.1, 0.15) is 11.6 Å². The maximum absolute atomic E-state index is 13.7. The van der Waals surface area contributed by atoms with Crippen LogP contribution in [0, 0.1) is 11.6 Å². The zero-order chi connectivity index (χ0) is 24.9. The molecule has 0 aromatic heterocycles. The van der Waals surface area contributed by atoms with Gasteiger partial charge in [0.2, 0.25) is 5.91 Å². The van der Waals surface area contributed by atoms with Crippen molar-refractivity contribution in [2.75, 3.05) is 6.54 Å². The van der Waals surface area contributed by atoms with Crippen LogP contribution in [0.25, 0.3) is 0 Å². The molecule has 2 aromatic rings. The molecule has 34 heavy (non-hydrogen) atoms. The van der Waals surface area contributed by atoms with Crippen LogP contribution in [0.5, 0.6) is 0 Å². The van der Waals surface area contributed by atoms with E-state index in [2.05, 4.69) is 29.7 Å². The van der Waals surface area contributed by atoms with Crippen molar-refractivity contribution in [2.45, 2.75) is 83.6 Å². The highest BCUT2D eigenvalue weighted by molar-refractivity contribution is 5.76. The summed E-state index contributed by atoms with van der Waals surface area (Å²) in [7, 11) is 0. The summed E-state index contributed by atoms with van der Waals surface area (Å²) in [5, 5.41) is 26.8. The number of benzene rings is 2. The van der Waals surface area contributed by atoms with Gasteiger partial charge in [-0.1, -0.05) is 51.0 Å². The summed E-state index contributed by atoms with van der Waals surface area (Å²) < 4.78 is 27.4.